The number of rotatable bonds is 0. The summed E-state index contributed by atoms with van der Waals surface area (Å²) >= 11 is 0. The van der Waals surface area contributed by atoms with Crippen molar-refractivity contribution in [3.05, 3.63) is 0 Å². The Bertz CT molecular complexity index is 204. The van der Waals surface area contributed by atoms with E-state index in [-0.39, 0.29) is 6.54 Å². The lowest BCUT2D eigenvalue weighted by atomic mass is 10.1. The molecule has 0 bridgehead atoms. The second-order valence-electron chi connectivity index (χ2n) is 2.64. The van der Waals surface area contributed by atoms with Gasteiger partial charge in [-0.3, -0.25) is 9.69 Å². The highest BCUT2D eigenvalue weighted by atomic mass is 16.3. The van der Waals surface area contributed by atoms with Crippen LogP contribution in [0.1, 0.15) is 6.92 Å². The van der Waals surface area contributed by atoms with Crippen molar-refractivity contribution in [2.75, 3.05) is 6.54 Å². The molecule has 5 heteroatoms. The maximum Gasteiger partial charge on any atom is 0.321 e. The van der Waals surface area contributed by atoms with E-state index >= 15 is 0 Å². The molecule has 1 aliphatic heterocycles. The Labute approximate surface area is 63.8 Å². The van der Waals surface area contributed by atoms with E-state index in [1.165, 1.54) is 0 Å². The van der Waals surface area contributed by atoms with Gasteiger partial charge in [-0.1, -0.05) is 6.92 Å². The third kappa shape index (κ3) is 1.19. The molecule has 3 amide bonds. The minimum atomic E-state index is -0.793. The first kappa shape index (κ1) is 8.00. The molecule has 0 radical (unpaired) electrons. The predicted octanol–water partition coefficient (Wildman–Crippen LogP) is -1.10. The SMILES string of the molecule is C[C@H]1C(=O)N(C(N)=O)CC1O. The monoisotopic (exact) mass is 158 g/mol. The molecule has 1 unspecified atom stereocenters. The van der Waals surface area contributed by atoms with Crippen LogP contribution in [-0.2, 0) is 4.79 Å². The van der Waals surface area contributed by atoms with Crippen molar-refractivity contribution in [1.82, 2.24) is 4.90 Å². The van der Waals surface area contributed by atoms with E-state index in [1.807, 2.05) is 0 Å². The molecule has 1 fully saturated rings. The third-order valence-corrected chi connectivity index (χ3v) is 1.87. The van der Waals surface area contributed by atoms with E-state index < -0.39 is 24.0 Å². The summed E-state index contributed by atoms with van der Waals surface area (Å²) in [7, 11) is 0. The van der Waals surface area contributed by atoms with Crippen molar-refractivity contribution in [3.63, 3.8) is 0 Å². The molecular formula is C6H10N2O3. The number of imide groups is 1. The highest BCUT2D eigenvalue weighted by molar-refractivity contribution is 5.96. The predicted molar refractivity (Wildman–Crippen MR) is 36.5 cm³/mol. The summed E-state index contributed by atoms with van der Waals surface area (Å²) in [5.74, 6) is -0.910. The number of nitrogens with two attached hydrogens (primary N) is 1. The van der Waals surface area contributed by atoms with Gasteiger partial charge in [0.2, 0.25) is 5.91 Å². The van der Waals surface area contributed by atoms with Gasteiger partial charge in [0.1, 0.15) is 0 Å². The fourth-order valence-electron chi connectivity index (χ4n) is 1.04. The number of carbonyl (C=O) groups excluding carboxylic acids is 2. The Morgan fingerprint density at radius 1 is 1.82 bits per heavy atom. The van der Waals surface area contributed by atoms with Gasteiger partial charge in [-0.05, 0) is 0 Å². The highest BCUT2D eigenvalue weighted by Gasteiger charge is 2.38. The van der Waals surface area contributed by atoms with E-state index in [4.69, 9.17) is 10.8 Å². The molecule has 0 aromatic rings. The van der Waals surface area contributed by atoms with Gasteiger partial charge in [-0.2, -0.15) is 0 Å². The molecule has 2 atom stereocenters. The lowest BCUT2D eigenvalue weighted by Crippen LogP contribution is -2.37. The average molecular weight is 158 g/mol. The molecule has 0 aliphatic carbocycles. The zero-order valence-corrected chi connectivity index (χ0v) is 6.15. The number of carbonyl (C=O) groups is 2. The third-order valence-electron chi connectivity index (χ3n) is 1.87. The Kier molecular flexibility index (Phi) is 1.82. The number of urea groups is 1. The van der Waals surface area contributed by atoms with E-state index in [0.717, 1.165) is 4.90 Å². The molecule has 0 saturated carbocycles. The summed E-state index contributed by atoms with van der Waals surface area (Å²) in [6.07, 6.45) is -0.769. The van der Waals surface area contributed by atoms with Gasteiger partial charge in [0, 0.05) is 0 Å². The average Bonchev–Trinajstić information content (AvgIpc) is 2.17. The molecule has 5 nitrogen and oxygen atoms in total. The maximum atomic E-state index is 11.0. The molecule has 1 rings (SSSR count). The minimum Gasteiger partial charge on any atom is -0.390 e. The van der Waals surface area contributed by atoms with E-state index in [0.29, 0.717) is 0 Å². The summed E-state index contributed by atoms with van der Waals surface area (Å²) in [6, 6.07) is -0.793. The normalized spacial score (nSPS) is 31.1. The first-order valence-corrected chi connectivity index (χ1v) is 3.33. The number of hydrogen-bond acceptors (Lipinski definition) is 3. The summed E-state index contributed by atoms with van der Waals surface area (Å²) < 4.78 is 0. The van der Waals surface area contributed by atoms with Crippen LogP contribution in [0.2, 0.25) is 0 Å². The van der Waals surface area contributed by atoms with Gasteiger partial charge in [-0.15, -0.1) is 0 Å². The molecule has 62 valence electrons. The minimum absolute atomic E-state index is 0.0231. The van der Waals surface area contributed by atoms with Gasteiger partial charge >= 0.3 is 6.03 Å². The van der Waals surface area contributed by atoms with Crippen LogP contribution in [0.15, 0.2) is 0 Å². The van der Waals surface area contributed by atoms with Gasteiger partial charge < -0.3 is 10.8 Å². The maximum absolute atomic E-state index is 11.0. The lowest BCUT2D eigenvalue weighted by Gasteiger charge is -2.08. The molecule has 0 aromatic carbocycles. The summed E-state index contributed by atoms with van der Waals surface area (Å²) in [6.45, 7) is 1.59. The molecule has 3 N–H and O–H groups in total. The topological polar surface area (TPSA) is 83.6 Å². The van der Waals surface area contributed by atoms with Crippen molar-refractivity contribution >= 4 is 11.9 Å². The van der Waals surface area contributed by atoms with Crippen molar-refractivity contribution in [1.29, 1.82) is 0 Å². The van der Waals surface area contributed by atoms with Crippen molar-refractivity contribution in [2.24, 2.45) is 11.7 Å². The van der Waals surface area contributed by atoms with Gasteiger partial charge in [0.05, 0.1) is 18.6 Å². The fraction of sp³-hybridized carbons (Fsp3) is 0.667. The second-order valence-corrected chi connectivity index (χ2v) is 2.64. The van der Waals surface area contributed by atoms with Gasteiger partial charge in [-0.25, -0.2) is 4.79 Å². The van der Waals surface area contributed by atoms with Crippen LogP contribution >= 0.6 is 0 Å². The van der Waals surface area contributed by atoms with Crippen LogP contribution in [0.4, 0.5) is 4.79 Å². The standard InChI is InChI=1S/C6H10N2O3/c1-3-4(9)2-8(5(3)10)6(7)11/h3-4,9H,2H2,1H3,(H2,7,11)/t3-,4?/m1/s1. The number of amides is 3. The van der Waals surface area contributed by atoms with Gasteiger partial charge in [0.15, 0.2) is 0 Å². The lowest BCUT2D eigenvalue weighted by molar-refractivity contribution is -0.128. The number of β-amino-alcohol motifs (C(OH)–C–C–N with tert-alkyl or cyclic N) is 1. The molecule has 1 heterocycles. The summed E-state index contributed by atoms with van der Waals surface area (Å²) in [4.78, 5) is 22.4. The summed E-state index contributed by atoms with van der Waals surface area (Å²) in [5.41, 5.74) is 4.87. The molecule has 1 aliphatic rings. The number of hydrogen-bond donors (Lipinski definition) is 2. The first-order chi connectivity index (χ1) is 5.04. The van der Waals surface area contributed by atoms with Crippen LogP contribution in [0, 0.1) is 5.92 Å². The molecule has 0 aromatic heterocycles. The smallest absolute Gasteiger partial charge is 0.321 e. The van der Waals surface area contributed by atoms with Crippen molar-refractivity contribution in [2.45, 2.75) is 13.0 Å². The number of aliphatic hydroxyl groups excluding tert-OH is 1. The van der Waals surface area contributed by atoms with Crippen LogP contribution in [-0.4, -0.2) is 34.6 Å². The number of aliphatic hydroxyl groups is 1. The van der Waals surface area contributed by atoms with Crippen molar-refractivity contribution < 1.29 is 14.7 Å². The first-order valence-electron chi connectivity index (χ1n) is 3.33. The van der Waals surface area contributed by atoms with E-state index in [2.05, 4.69) is 0 Å². The fourth-order valence-corrected chi connectivity index (χ4v) is 1.04. The zero-order chi connectivity index (χ0) is 8.59. The Morgan fingerprint density at radius 2 is 2.36 bits per heavy atom. The van der Waals surface area contributed by atoms with Crippen LogP contribution < -0.4 is 5.73 Å². The number of primary amides is 1. The molecule has 1 saturated heterocycles. The molecular weight excluding hydrogens is 148 g/mol. The zero-order valence-electron chi connectivity index (χ0n) is 6.15. The quantitative estimate of drug-likeness (QED) is 0.469. The number of nitrogens with zero attached hydrogens (tertiary/aromatic N) is 1. The molecule has 0 spiro atoms. The van der Waals surface area contributed by atoms with Crippen LogP contribution in [0.3, 0.4) is 0 Å². The summed E-state index contributed by atoms with van der Waals surface area (Å²) in [5, 5.41) is 9.12. The highest BCUT2D eigenvalue weighted by Crippen LogP contribution is 2.16. The Balaban J connectivity index is 2.75. The van der Waals surface area contributed by atoms with Crippen LogP contribution in [0.5, 0.6) is 0 Å². The van der Waals surface area contributed by atoms with E-state index in [9.17, 15) is 9.59 Å². The largest absolute Gasteiger partial charge is 0.390 e. The molecule has 11 heavy (non-hydrogen) atoms. The van der Waals surface area contributed by atoms with E-state index in [1.54, 1.807) is 6.92 Å². The van der Waals surface area contributed by atoms with Crippen LogP contribution in [0.25, 0.3) is 0 Å². The number of likely N-dealkylation sites (tertiary alicyclic amines) is 1. The van der Waals surface area contributed by atoms with Gasteiger partial charge in [0.25, 0.3) is 0 Å². The Hall–Kier alpha value is -1.10. The second kappa shape index (κ2) is 2.50. The van der Waals surface area contributed by atoms with Crippen molar-refractivity contribution in [3.8, 4) is 0 Å². The Morgan fingerprint density at radius 3 is 2.55 bits per heavy atom.